The molecule has 74 valence electrons. The van der Waals surface area contributed by atoms with Crippen LogP contribution in [0.5, 0.6) is 0 Å². The number of rotatable bonds is 6. The van der Waals surface area contributed by atoms with Crippen molar-refractivity contribution in [3.8, 4) is 0 Å². The smallest absolute Gasteiger partial charge is 0.120 e. The first-order valence-corrected chi connectivity index (χ1v) is 5.51. The SMILES string of the molecule is CCCN(CC(C)Cl)CC(Cl)Cl. The zero-order valence-corrected chi connectivity index (χ0v) is 9.83. The lowest BCUT2D eigenvalue weighted by atomic mass is 10.3. The molecular weight excluding hydrogens is 216 g/mol. The highest BCUT2D eigenvalue weighted by atomic mass is 35.5. The van der Waals surface area contributed by atoms with Crippen LogP contribution in [0.3, 0.4) is 0 Å². The second-order valence-corrected chi connectivity index (χ2v) is 4.95. The summed E-state index contributed by atoms with van der Waals surface area (Å²) in [6.07, 6.45) is 1.10. The summed E-state index contributed by atoms with van der Waals surface area (Å²) in [4.78, 5) is 1.87. The third-order valence-corrected chi connectivity index (χ3v) is 1.86. The van der Waals surface area contributed by atoms with Gasteiger partial charge in [0, 0.05) is 18.5 Å². The Kier molecular flexibility index (Phi) is 7.76. The molecule has 0 N–H and O–H groups in total. The number of halogens is 3. The van der Waals surface area contributed by atoms with Crippen molar-refractivity contribution in [1.29, 1.82) is 0 Å². The highest BCUT2D eigenvalue weighted by Gasteiger charge is 2.10. The van der Waals surface area contributed by atoms with Gasteiger partial charge in [0.05, 0.1) is 0 Å². The summed E-state index contributed by atoms with van der Waals surface area (Å²) >= 11 is 17.2. The Morgan fingerprint density at radius 3 is 2.08 bits per heavy atom. The minimum absolute atomic E-state index is 0.156. The van der Waals surface area contributed by atoms with Gasteiger partial charge in [-0.05, 0) is 19.9 Å². The molecule has 1 unspecified atom stereocenters. The lowest BCUT2D eigenvalue weighted by Gasteiger charge is -2.23. The molecule has 0 bridgehead atoms. The Morgan fingerprint density at radius 2 is 1.75 bits per heavy atom. The second kappa shape index (κ2) is 7.25. The van der Waals surface area contributed by atoms with Crippen molar-refractivity contribution in [2.75, 3.05) is 19.6 Å². The fraction of sp³-hybridized carbons (Fsp3) is 1.00. The van der Waals surface area contributed by atoms with Crippen molar-refractivity contribution in [3.63, 3.8) is 0 Å². The molecule has 0 amide bonds. The third kappa shape index (κ3) is 7.48. The van der Waals surface area contributed by atoms with Crippen LogP contribution in [0.25, 0.3) is 0 Å². The first-order chi connectivity index (χ1) is 5.56. The predicted molar refractivity (Wildman–Crippen MR) is 57.5 cm³/mol. The van der Waals surface area contributed by atoms with Crippen LogP contribution in [0.2, 0.25) is 0 Å². The molecule has 0 aliphatic heterocycles. The van der Waals surface area contributed by atoms with E-state index >= 15 is 0 Å². The summed E-state index contributed by atoms with van der Waals surface area (Å²) in [5.41, 5.74) is 0. The van der Waals surface area contributed by atoms with E-state index in [1.807, 2.05) is 6.92 Å². The van der Waals surface area contributed by atoms with E-state index in [-0.39, 0.29) is 10.2 Å². The fourth-order valence-electron chi connectivity index (χ4n) is 1.12. The van der Waals surface area contributed by atoms with Crippen LogP contribution >= 0.6 is 34.8 Å². The number of hydrogen-bond acceptors (Lipinski definition) is 1. The molecule has 0 fully saturated rings. The molecular formula is C8H16Cl3N. The molecule has 0 spiro atoms. The van der Waals surface area contributed by atoms with Crippen molar-refractivity contribution in [3.05, 3.63) is 0 Å². The van der Waals surface area contributed by atoms with Gasteiger partial charge in [0.2, 0.25) is 0 Å². The minimum atomic E-state index is -0.313. The molecule has 0 aromatic rings. The van der Waals surface area contributed by atoms with Gasteiger partial charge in [-0.1, -0.05) is 6.92 Å². The molecule has 0 aromatic heterocycles. The van der Waals surface area contributed by atoms with Gasteiger partial charge in [0.25, 0.3) is 0 Å². The second-order valence-electron chi connectivity index (χ2n) is 2.93. The molecule has 0 aromatic carbocycles. The Bertz CT molecular complexity index is 96.5. The zero-order valence-electron chi connectivity index (χ0n) is 7.56. The van der Waals surface area contributed by atoms with E-state index in [0.717, 1.165) is 19.5 Å². The van der Waals surface area contributed by atoms with E-state index < -0.39 is 0 Å². The summed E-state index contributed by atoms with van der Waals surface area (Å²) in [5.74, 6) is 0. The van der Waals surface area contributed by atoms with E-state index in [1.165, 1.54) is 0 Å². The first-order valence-electron chi connectivity index (χ1n) is 4.20. The van der Waals surface area contributed by atoms with E-state index in [2.05, 4.69) is 11.8 Å². The van der Waals surface area contributed by atoms with Crippen LogP contribution in [-0.4, -0.2) is 34.7 Å². The maximum atomic E-state index is 5.86. The topological polar surface area (TPSA) is 3.24 Å². The minimum Gasteiger partial charge on any atom is -0.299 e. The van der Waals surface area contributed by atoms with Crippen molar-refractivity contribution < 1.29 is 0 Å². The predicted octanol–water partition coefficient (Wildman–Crippen LogP) is 3.13. The van der Waals surface area contributed by atoms with Gasteiger partial charge in [-0.25, -0.2) is 0 Å². The van der Waals surface area contributed by atoms with Gasteiger partial charge >= 0.3 is 0 Å². The zero-order chi connectivity index (χ0) is 9.56. The van der Waals surface area contributed by atoms with E-state index in [1.54, 1.807) is 0 Å². The quantitative estimate of drug-likeness (QED) is 0.636. The molecule has 0 saturated heterocycles. The average molecular weight is 233 g/mol. The lowest BCUT2D eigenvalue weighted by Crippen LogP contribution is -2.33. The maximum Gasteiger partial charge on any atom is 0.120 e. The summed E-state index contributed by atoms with van der Waals surface area (Å²) in [7, 11) is 0. The molecule has 0 saturated carbocycles. The summed E-state index contributed by atoms with van der Waals surface area (Å²) in [6.45, 7) is 6.66. The van der Waals surface area contributed by atoms with Crippen LogP contribution in [0.1, 0.15) is 20.3 Å². The summed E-state index contributed by atoms with van der Waals surface area (Å²) in [6, 6.07) is 0. The standard InChI is InChI=1S/C8H16Cl3N/c1-3-4-12(5-7(2)9)6-8(10)11/h7-8H,3-6H2,1-2H3. The number of hydrogen-bond donors (Lipinski definition) is 0. The fourth-order valence-corrected chi connectivity index (χ4v) is 1.71. The van der Waals surface area contributed by atoms with Crippen molar-refractivity contribution in [2.45, 2.75) is 30.5 Å². The van der Waals surface area contributed by atoms with E-state index in [4.69, 9.17) is 34.8 Å². The van der Waals surface area contributed by atoms with Gasteiger partial charge < -0.3 is 0 Å². The largest absolute Gasteiger partial charge is 0.299 e. The summed E-state index contributed by atoms with van der Waals surface area (Å²) in [5, 5.41) is 0.156. The molecule has 0 rings (SSSR count). The van der Waals surface area contributed by atoms with Crippen LogP contribution in [0.15, 0.2) is 0 Å². The van der Waals surface area contributed by atoms with E-state index in [0.29, 0.717) is 6.54 Å². The maximum absolute atomic E-state index is 5.86. The van der Waals surface area contributed by atoms with Crippen molar-refractivity contribution in [1.82, 2.24) is 4.90 Å². The van der Waals surface area contributed by atoms with Gasteiger partial charge in [-0.2, -0.15) is 0 Å². The van der Waals surface area contributed by atoms with Gasteiger partial charge in [0.15, 0.2) is 0 Å². The Morgan fingerprint density at radius 1 is 1.17 bits per heavy atom. The molecule has 4 heteroatoms. The highest BCUT2D eigenvalue weighted by Crippen LogP contribution is 2.07. The molecule has 0 heterocycles. The molecule has 12 heavy (non-hydrogen) atoms. The molecule has 1 atom stereocenters. The van der Waals surface area contributed by atoms with Crippen LogP contribution in [-0.2, 0) is 0 Å². The van der Waals surface area contributed by atoms with Gasteiger partial charge in [0.1, 0.15) is 4.84 Å². The average Bonchev–Trinajstić information content (AvgIpc) is 1.84. The van der Waals surface area contributed by atoms with Crippen molar-refractivity contribution in [2.24, 2.45) is 0 Å². The van der Waals surface area contributed by atoms with Crippen LogP contribution in [0.4, 0.5) is 0 Å². The summed E-state index contributed by atoms with van der Waals surface area (Å²) < 4.78 is 0. The van der Waals surface area contributed by atoms with Gasteiger partial charge in [-0.3, -0.25) is 4.90 Å². The van der Waals surface area contributed by atoms with E-state index in [9.17, 15) is 0 Å². The van der Waals surface area contributed by atoms with Crippen LogP contribution in [0, 0.1) is 0 Å². The Hall–Kier alpha value is 0.830. The molecule has 0 aliphatic carbocycles. The monoisotopic (exact) mass is 231 g/mol. The number of alkyl halides is 3. The normalized spacial score (nSPS) is 14.2. The van der Waals surface area contributed by atoms with Gasteiger partial charge in [-0.15, -0.1) is 34.8 Å². The molecule has 0 aliphatic rings. The first kappa shape index (κ1) is 12.8. The number of nitrogens with zero attached hydrogens (tertiary/aromatic N) is 1. The van der Waals surface area contributed by atoms with Crippen molar-refractivity contribution >= 4 is 34.8 Å². The molecule has 1 nitrogen and oxygen atoms in total. The Labute approximate surface area is 90.0 Å². The Balaban J connectivity index is 3.69. The lowest BCUT2D eigenvalue weighted by molar-refractivity contribution is 0.288. The van der Waals surface area contributed by atoms with Crippen LogP contribution < -0.4 is 0 Å². The highest BCUT2D eigenvalue weighted by molar-refractivity contribution is 6.44. The molecule has 0 radical (unpaired) electrons. The third-order valence-electron chi connectivity index (χ3n) is 1.45.